The maximum absolute atomic E-state index is 6.01. The van der Waals surface area contributed by atoms with Crippen molar-refractivity contribution in [2.75, 3.05) is 13.1 Å². The van der Waals surface area contributed by atoms with E-state index in [0.717, 1.165) is 25.2 Å². The second-order valence-corrected chi connectivity index (χ2v) is 4.35. The molecule has 14 heavy (non-hydrogen) atoms. The van der Waals surface area contributed by atoms with Crippen LogP contribution in [-0.2, 0) is 6.54 Å². The van der Waals surface area contributed by atoms with Crippen LogP contribution in [0.25, 0.3) is 0 Å². The zero-order valence-corrected chi connectivity index (χ0v) is 9.09. The molecule has 0 unspecified atom stereocenters. The highest BCUT2D eigenvalue weighted by Crippen LogP contribution is 2.21. The Bertz CT molecular complexity index is 337. The summed E-state index contributed by atoms with van der Waals surface area (Å²) >= 11 is 11.7. The first-order chi connectivity index (χ1) is 6.65. The van der Waals surface area contributed by atoms with Crippen LogP contribution in [0.2, 0.25) is 10.2 Å². The van der Waals surface area contributed by atoms with Gasteiger partial charge in [-0.15, -0.1) is 0 Å². The van der Waals surface area contributed by atoms with Crippen LogP contribution in [0, 0.1) is 0 Å². The highest BCUT2D eigenvalue weighted by Gasteiger charge is 2.23. The van der Waals surface area contributed by atoms with Gasteiger partial charge < -0.3 is 5.73 Å². The number of hydrogen-bond donors (Lipinski definition) is 1. The van der Waals surface area contributed by atoms with E-state index in [2.05, 4.69) is 9.88 Å². The fraction of sp³-hybridized carbons (Fsp3) is 0.444. The van der Waals surface area contributed by atoms with Gasteiger partial charge in [-0.3, -0.25) is 4.90 Å². The van der Waals surface area contributed by atoms with Crippen molar-refractivity contribution in [3.63, 3.8) is 0 Å². The molecule has 3 nitrogen and oxygen atoms in total. The van der Waals surface area contributed by atoms with Crippen molar-refractivity contribution < 1.29 is 0 Å². The molecule has 0 spiro atoms. The first kappa shape index (κ1) is 10.2. The Morgan fingerprint density at radius 2 is 2.21 bits per heavy atom. The number of aromatic nitrogens is 1. The highest BCUT2D eigenvalue weighted by molar-refractivity contribution is 6.34. The average molecular weight is 232 g/mol. The average Bonchev–Trinajstić information content (AvgIpc) is 2.06. The van der Waals surface area contributed by atoms with Gasteiger partial charge in [0.2, 0.25) is 0 Å². The molecule has 5 heteroatoms. The van der Waals surface area contributed by atoms with E-state index in [0.29, 0.717) is 16.2 Å². The first-order valence-electron chi connectivity index (χ1n) is 4.43. The zero-order valence-electron chi connectivity index (χ0n) is 7.58. The van der Waals surface area contributed by atoms with Crippen LogP contribution >= 0.6 is 23.2 Å². The molecule has 1 aliphatic rings. The number of nitrogens with zero attached hydrogens (tertiary/aromatic N) is 2. The van der Waals surface area contributed by atoms with Crippen LogP contribution in [0.15, 0.2) is 12.3 Å². The van der Waals surface area contributed by atoms with Crippen molar-refractivity contribution in [1.29, 1.82) is 0 Å². The van der Waals surface area contributed by atoms with Crippen molar-refractivity contribution in [1.82, 2.24) is 9.88 Å². The molecule has 0 amide bonds. The maximum atomic E-state index is 6.01. The molecule has 1 saturated heterocycles. The fourth-order valence-electron chi connectivity index (χ4n) is 1.53. The Kier molecular flexibility index (Phi) is 2.93. The van der Waals surface area contributed by atoms with E-state index >= 15 is 0 Å². The molecule has 1 aromatic heterocycles. The molecule has 2 rings (SSSR count). The normalized spacial score (nSPS) is 18.2. The fourth-order valence-corrected chi connectivity index (χ4v) is 1.96. The largest absolute Gasteiger partial charge is 0.325 e. The quantitative estimate of drug-likeness (QED) is 0.786. The first-order valence-corrected chi connectivity index (χ1v) is 5.18. The molecule has 0 aromatic carbocycles. The van der Waals surface area contributed by atoms with Crippen molar-refractivity contribution in [3.8, 4) is 0 Å². The third kappa shape index (κ3) is 2.17. The third-order valence-corrected chi connectivity index (χ3v) is 2.83. The summed E-state index contributed by atoms with van der Waals surface area (Å²) in [6, 6.07) is 1.98. The maximum Gasteiger partial charge on any atom is 0.130 e. The van der Waals surface area contributed by atoms with E-state index in [9.17, 15) is 0 Å². The van der Waals surface area contributed by atoms with Crippen LogP contribution in [0.5, 0.6) is 0 Å². The van der Waals surface area contributed by atoms with Gasteiger partial charge in [0.15, 0.2) is 0 Å². The Labute approximate surface area is 92.8 Å². The van der Waals surface area contributed by atoms with Crippen LogP contribution in [0.4, 0.5) is 0 Å². The van der Waals surface area contributed by atoms with Gasteiger partial charge >= 0.3 is 0 Å². The van der Waals surface area contributed by atoms with Gasteiger partial charge in [-0.05, 0) is 6.07 Å². The lowest BCUT2D eigenvalue weighted by atomic mass is 10.1. The van der Waals surface area contributed by atoms with Gasteiger partial charge in [0, 0.05) is 42.5 Å². The lowest BCUT2D eigenvalue weighted by molar-refractivity contribution is 0.142. The SMILES string of the molecule is NC1CN(Cc2cnc(Cl)cc2Cl)C1. The van der Waals surface area contributed by atoms with Gasteiger partial charge in [0.05, 0.1) is 0 Å². The molecule has 0 saturated carbocycles. The van der Waals surface area contributed by atoms with E-state index in [1.165, 1.54) is 0 Å². The van der Waals surface area contributed by atoms with Crippen LogP contribution in [-0.4, -0.2) is 29.0 Å². The third-order valence-electron chi connectivity index (χ3n) is 2.28. The van der Waals surface area contributed by atoms with E-state index < -0.39 is 0 Å². The Hall–Kier alpha value is -0.350. The number of halogens is 2. The summed E-state index contributed by atoms with van der Waals surface area (Å²) in [5.41, 5.74) is 6.68. The Morgan fingerprint density at radius 1 is 1.50 bits per heavy atom. The molecule has 0 bridgehead atoms. The van der Waals surface area contributed by atoms with E-state index in [1.807, 2.05) is 0 Å². The monoisotopic (exact) mass is 231 g/mol. The second-order valence-electron chi connectivity index (χ2n) is 3.55. The molecule has 0 radical (unpaired) electrons. The molecule has 0 atom stereocenters. The summed E-state index contributed by atoms with van der Waals surface area (Å²) in [7, 11) is 0. The summed E-state index contributed by atoms with van der Waals surface area (Å²) in [6.07, 6.45) is 1.72. The minimum Gasteiger partial charge on any atom is -0.325 e. The van der Waals surface area contributed by atoms with Gasteiger partial charge in [0.1, 0.15) is 5.15 Å². The number of likely N-dealkylation sites (tertiary alicyclic amines) is 1. The number of hydrogen-bond acceptors (Lipinski definition) is 3. The minimum absolute atomic E-state index is 0.314. The number of rotatable bonds is 2. The summed E-state index contributed by atoms with van der Waals surface area (Å²) in [5.74, 6) is 0. The molecular weight excluding hydrogens is 221 g/mol. The highest BCUT2D eigenvalue weighted by atomic mass is 35.5. The van der Waals surface area contributed by atoms with Crippen molar-refractivity contribution in [3.05, 3.63) is 28.0 Å². The van der Waals surface area contributed by atoms with Crippen LogP contribution in [0.3, 0.4) is 0 Å². The van der Waals surface area contributed by atoms with Crippen LogP contribution in [0.1, 0.15) is 5.56 Å². The van der Waals surface area contributed by atoms with E-state index in [-0.39, 0.29) is 0 Å². The number of nitrogens with two attached hydrogens (primary N) is 1. The molecule has 1 aliphatic heterocycles. The molecule has 1 aromatic rings. The zero-order chi connectivity index (χ0) is 10.1. The number of pyridine rings is 1. The van der Waals surface area contributed by atoms with Crippen LogP contribution < -0.4 is 5.73 Å². The molecule has 76 valence electrons. The topological polar surface area (TPSA) is 42.1 Å². The molecule has 2 heterocycles. The second kappa shape index (κ2) is 4.03. The predicted octanol–water partition coefficient (Wildman–Crippen LogP) is 1.53. The molecule has 2 N–H and O–H groups in total. The van der Waals surface area contributed by atoms with Crippen molar-refractivity contribution in [2.45, 2.75) is 12.6 Å². The smallest absolute Gasteiger partial charge is 0.130 e. The predicted molar refractivity (Wildman–Crippen MR) is 57.5 cm³/mol. The Morgan fingerprint density at radius 3 is 2.79 bits per heavy atom. The summed E-state index contributed by atoms with van der Waals surface area (Å²) in [6.45, 7) is 2.66. The summed E-state index contributed by atoms with van der Waals surface area (Å²) < 4.78 is 0. The molecule has 0 aliphatic carbocycles. The standard InChI is InChI=1S/C9H11Cl2N3/c10-8-1-9(11)13-2-6(8)3-14-4-7(12)5-14/h1-2,7H,3-5,12H2. The lowest BCUT2D eigenvalue weighted by Gasteiger charge is -2.36. The lowest BCUT2D eigenvalue weighted by Crippen LogP contribution is -2.54. The molecule has 1 fully saturated rings. The Balaban J connectivity index is 2.02. The summed E-state index contributed by atoms with van der Waals surface area (Å²) in [5, 5.41) is 1.10. The van der Waals surface area contributed by atoms with Crippen molar-refractivity contribution in [2.24, 2.45) is 5.73 Å². The van der Waals surface area contributed by atoms with Crippen molar-refractivity contribution >= 4 is 23.2 Å². The minimum atomic E-state index is 0.314. The van der Waals surface area contributed by atoms with Gasteiger partial charge in [0.25, 0.3) is 0 Å². The molecular formula is C9H11Cl2N3. The van der Waals surface area contributed by atoms with E-state index in [1.54, 1.807) is 12.3 Å². The van der Waals surface area contributed by atoms with Gasteiger partial charge in [-0.1, -0.05) is 23.2 Å². The van der Waals surface area contributed by atoms with E-state index in [4.69, 9.17) is 28.9 Å². The van der Waals surface area contributed by atoms with Gasteiger partial charge in [-0.2, -0.15) is 0 Å². The summed E-state index contributed by atoms with van der Waals surface area (Å²) in [4.78, 5) is 6.22. The van der Waals surface area contributed by atoms with Gasteiger partial charge in [-0.25, -0.2) is 4.98 Å².